The molecule has 1 aromatic heterocycles. The van der Waals surface area contributed by atoms with E-state index in [0.29, 0.717) is 16.7 Å². The average molecular weight is 446 g/mol. The molecule has 0 radical (unpaired) electrons. The van der Waals surface area contributed by atoms with E-state index in [1.165, 1.54) is 23.8 Å². The van der Waals surface area contributed by atoms with Crippen molar-refractivity contribution in [2.45, 2.75) is 13.3 Å². The fraction of sp³-hybridized carbons (Fsp3) is 0.0909. The first-order valence-electron chi connectivity index (χ1n) is 9.77. The predicted octanol–water partition coefficient (Wildman–Crippen LogP) is 4.02. The highest BCUT2D eigenvalue weighted by Gasteiger charge is 2.20. The molecular formula is C22H18N6O3S. The minimum absolute atomic E-state index is 0.00930. The van der Waals surface area contributed by atoms with Crippen LogP contribution in [-0.2, 0) is 6.42 Å². The van der Waals surface area contributed by atoms with Crippen molar-refractivity contribution >= 4 is 45.6 Å². The Bertz CT molecular complexity index is 1330. The van der Waals surface area contributed by atoms with Crippen molar-refractivity contribution in [1.29, 1.82) is 0 Å². The van der Waals surface area contributed by atoms with Gasteiger partial charge in [0.2, 0.25) is 0 Å². The lowest BCUT2D eigenvalue weighted by Gasteiger charge is -2.09. The van der Waals surface area contributed by atoms with Crippen molar-refractivity contribution in [3.8, 4) is 5.69 Å². The van der Waals surface area contributed by atoms with Crippen LogP contribution in [-0.4, -0.2) is 30.9 Å². The van der Waals surface area contributed by atoms with Gasteiger partial charge < -0.3 is 5.32 Å². The molecular weight excluding hydrogens is 428 g/mol. The van der Waals surface area contributed by atoms with Crippen LogP contribution < -0.4 is 10.6 Å². The van der Waals surface area contributed by atoms with E-state index in [0.717, 1.165) is 12.1 Å². The quantitative estimate of drug-likeness (QED) is 0.270. The van der Waals surface area contributed by atoms with Gasteiger partial charge in [0.05, 0.1) is 10.6 Å². The van der Waals surface area contributed by atoms with E-state index in [-0.39, 0.29) is 16.4 Å². The van der Waals surface area contributed by atoms with Crippen LogP contribution in [0, 0.1) is 10.1 Å². The molecule has 160 valence electrons. The Morgan fingerprint density at radius 2 is 1.78 bits per heavy atom. The van der Waals surface area contributed by atoms with Crippen molar-refractivity contribution in [2.24, 2.45) is 0 Å². The number of anilines is 1. The molecule has 0 aliphatic carbocycles. The largest absolute Gasteiger partial charge is 0.332 e. The van der Waals surface area contributed by atoms with Crippen LogP contribution in [0.5, 0.6) is 0 Å². The fourth-order valence-electron chi connectivity index (χ4n) is 3.13. The van der Waals surface area contributed by atoms with E-state index >= 15 is 0 Å². The molecule has 0 atom stereocenters. The second-order valence-electron chi connectivity index (χ2n) is 6.90. The Hall–Kier alpha value is -4.18. The smallest absolute Gasteiger partial charge is 0.282 e. The van der Waals surface area contributed by atoms with Crippen molar-refractivity contribution in [2.75, 3.05) is 5.32 Å². The zero-order chi connectivity index (χ0) is 22.7. The molecule has 0 fully saturated rings. The van der Waals surface area contributed by atoms with E-state index in [9.17, 15) is 14.9 Å². The molecule has 0 bridgehead atoms. The number of aryl methyl sites for hydroxylation is 1. The summed E-state index contributed by atoms with van der Waals surface area (Å²) in [5.41, 5.74) is 3.64. The highest BCUT2D eigenvalue weighted by atomic mass is 32.1. The third-order valence-electron chi connectivity index (χ3n) is 4.79. The number of amides is 1. The number of thiocarbonyl (C=S) groups is 1. The van der Waals surface area contributed by atoms with E-state index < -0.39 is 10.8 Å². The number of hydrogen-bond donors (Lipinski definition) is 2. The molecule has 4 rings (SSSR count). The van der Waals surface area contributed by atoms with Crippen LogP contribution in [0.1, 0.15) is 22.8 Å². The van der Waals surface area contributed by atoms with Gasteiger partial charge in [0.15, 0.2) is 5.11 Å². The monoisotopic (exact) mass is 446 g/mol. The number of carbonyl (C=O) groups is 1. The molecule has 1 heterocycles. The number of fused-ring (bicyclic) bond motifs is 1. The van der Waals surface area contributed by atoms with Crippen LogP contribution in [0.25, 0.3) is 16.7 Å². The van der Waals surface area contributed by atoms with Gasteiger partial charge in [-0.05, 0) is 60.6 Å². The number of aromatic nitrogens is 3. The van der Waals surface area contributed by atoms with Crippen LogP contribution >= 0.6 is 12.2 Å². The molecule has 32 heavy (non-hydrogen) atoms. The van der Waals surface area contributed by atoms with Crippen molar-refractivity contribution in [1.82, 2.24) is 20.3 Å². The second kappa shape index (κ2) is 8.90. The van der Waals surface area contributed by atoms with Crippen LogP contribution in [0.15, 0.2) is 66.7 Å². The Kier molecular flexibility index (Phi) is 5.86. The topological polar surface area (TPSA) is 115 Å². The van der Waals surface area contributed by atoms with E-state index in [1.54, 1.807) is 29.1 Å². The summed E-state index contributed by atoms with van der Waals surface area (Å²) >= 11 is 5.20. The number of para-hydroxylation sites is 1. The average Bonchev–Trinajstić information content (AvgIpc) is 3.22. The maximum atomic E-state index is 12.4. The van der Waals surface area contributed by atoms with Crippen LogP contribution in [0.3, 0.4) is 0 Å². The number of nitrogens with one attached hydrogen (secondary N) is 2. The zero-order valence-corrected chi connectivity index (χ0v) is 17.8. The number of hydrogen-bond acceptors (Lipinski definition) is 6. The molecule has 9 nitrogen and oxygen atoms in total. The Labute approximate surface area is 188 Å². The third-order valence-corrected chi connectivity index (χ3v) is 4.99. The molecule has 0 aliphatic rings. The molecule has 4 aromatic rings. The predicted molar refractivity (Wildman–Crippen MR) is 125 cm³/mol. The zero-order valence-electron chi connectivity index (χ0n) is 17.0. The summed E-state index contributed by atoms with van der Waals surface area (Å²) in [4.78, 5) is 24.5. The van der Waals surface area contributed by atoms with Gasteiger partial charge in [0, 0.05) is 11.8 Å². The Morgan fingerprint density at radius 3 is 2.50 bits per heavy atom. The van der Waals surface area contributed by atoms with Gasteiger partial charge in [-0.2, -0.15) is 4.80 Å². The summed E-state index contributed by atoms with van der Waals surface area (Å²) in [5.74, 6) is -0.669. The van der Waals surface area contributed by atoms with E-state index in [4.69, 9.17) is 12.2 Å². The molecule has 0 saturated heterocycles. The summed E-state index contributed by atoms with van der Waals surface area (Å²) in [7, 11) is 0. The van der Waals surface area contributed by atoms with Gasteiger partial charge in [0.1, 0.15) is 16.6 Å². The molecule has 0 saturated carbocycles. The first-order chi connectivity index (χ1) is 15.4. The molecule has 0 aliphatic heterocycles. The van der Waals surface area contributed by atoms with E-state index in [1.807, 2.05) is 24.3 Å². The number of carbonyl (C=O) groups excluding carboxylic acids is 1. The lowest BCUT2D eigenvalue weighted by molar-refractivity contribution is -0.385. The summed E-state index contributed by atoms with van der Waals surface area (Å²) in [6.45, 7) is 2.10. The SMILES string of the molecule is CCc1ccc(-n2nc3ccc(NC(=S)NC(=O)c4ccccc4[N+](=O)[O-])cc3n2)cc1. The van der Waals surface area contributed by atoms with Gasteiger partial charge in [-0.1, -0.05) is 31.2 Å². The molecule has 1 amide bonds. The summed E-state index contributed by atoms with van der Waals surface area (Å²) < 4.78 is 0. The third kappa shape index (κ3) is 4.44. The van der Waals surface area contributed by atoms with Crippen LogP contribution in [0.4, 0.5) is 11.4 Å². The maximum Gasteiger partial charge on any atom is 0.282 e. The number of rotatable bonds is 5. The number of nitro groups is 1. The van der Waals surface area contributed by atoms with Crippen molar-refractivity contribution in [3.63, 3.8) is 0 Å². The molecule has 10 heteroatoms. The second-order valence-corrected chi connectivity index (χ2v) is 7.30. The van der Waals surface area contributed by atoms with Crippen molar-refractivity contribution in [3.05, 3.63) is 88.0 Å². The lowest BCUT2D eigenvalue weighted by Crippen LogP contribution is -2.34. The number of nitro benzene ring substituents is 1. The molecule has 2 N–H and O–H groups in total. The lowest BCUT2D eigenvalue weighted by atomic mass is 10.1. The minimum Gasteiger partial charge on any atom is -0.332 e. The van der Waals surface area contributed by atoms with Gasteiger partial charge in [-0.25, -0.2) is 0 Å². The van der Waals surface area contributed by atoms with E-state index in [2.05, 4.69) is 27.8 Å². The first kappa shape index (κ1) is 21.1. The minimum atomic E-state index is -0.669. The highest BCUT2D eigenvalue weighted by molar-refractivity contribution is 7.80. The molecule has 0 unspecified atom stereocenters. The summed E-state index contributed by atoms with van der Waals surface area (Å²) in [6, 6.07) is 19.0. The summed E-state index contributed by atoms with van der Waals surface area (Å²) in [6.07, 6.45) is 0.956. The Morgan fingerprint density at radius 1 is 1.06 bits per heavy atom. The fourth-order valence-corrected chi connectivity index (χ4v) is 3.34. The Balaban J connectivity index is 1.48. The van der Waals surface area contributed by atoms with Crippen LogP contribution in [0.2, 0.25) is 0 Å². The molecule has 0 spiro atoms. The highest BCUT2D eigenvalue weighted by Crippen LogP contribution is 2.19. The van der Waals surface area contributed by atoms with Gasteiger partial charge in [-0.3, -0.25) is 20.2 Å². The summed E-state index contributed by atoms with van der Waals surface area (Å²) in [5, 5.41) is 25.5. The van der Waals surface area contributed by atoms with Gasteiger partial charge >= 0.3 is 0 Å². The standard InChI is InChI=1S/C22H18N6O3S/c1-2-14-7-10-16(11-8-14)27-25-18-12-9-15(13-19(18)26-27)23-22(32)24-21(29)17-5-3-4-6-20(17)28(30)31/h3-13H,2H2,1H3,(H2,23,24,29,32). The molecule has 3 aromatic carbocycles. The van der Waals surface area contributed by atoms with Gasteiger partial charge in [-0.15, -0.1) is 10.2 Å². The van der Waals surface area contributed by atoms with Gasteiger partial charge in [0.25, 0.3) is 11.6 Å². The normalized spacial score (nSPS) is 10.7. The first-order valence-corrected chi connectivity index (χ1v) is 10.2. The maximum absolute atomic E-state index is 12.4. The number of benzene rings is 3. The van der Waals surface area contributed by atoms with Crippen molar-refractivity contribution < 1.29 is 9.72 Å². The number of nitrogens with zero attached hydrogens (tertiary/aromatic N) is 4.